The maximum Gasteiger partial charge on any atom is 0.350 e. The molecule has 1 fully saturated rings. The molecule has 1 amide bonds. The van der Waals surface area contributed by atoms with Crippen LogP contribution in [-0.4, -0.2) is 62.9 Å². The number of carbonyl (C=O) groups is 1. The van der Waals surface area contributed by atoms with Crippen molar-refractivity contribution in [2.24, 2.45) is 0 Å². The van der Waals surface area contributed by atoms with Crippen LogP contribution in [-0.2, 0) is 11.2 Å². The minimum Gasteiger partial charge on any atom is -0.369 e. The average Bonchev–Trinajstić information content (AvgIpc) is 3.36. The Morgan fingerprint density at radius 3 is 2.23 bits per heavy atom. The topological polar surface area (TPSA) is 88.3 Å². The predicted octanol–water partition coefficient (Wildman–Crippen LogP) is 3.23. The van der Waals surface area contributed by atoms with Gasteiger partial charge in [0.25, 0.3) is 0 Å². The monoisotopic (exact) mass is 525 g/mol. The van der Waals surface area contributed by atoms with Crippen LogP contribution in [0.3, 0.4) is 0 Å². The molecule has 2 aromatic heterocycles. The summed E-state index contributed by atoms with van der Waals surface area (Å²) >= 11 is 0. The van der Waals surface area contributed by atoms with E-state index in [1.54, 1.807) is 17.1 Å². The molecule has 1 unspecified atom stereocenters. The fourth-order valence-corrected chi connectivity index (χ4v) is 5.03. The second kappa shape index (κ2) is 12.1. The zero-order valence-corrected chi connectivity index (χ0v) is 22.5. The van der Waals surface area contributed by atoms with Gasteiger partial charge in [0.05, 0.1) is 11.7 Å². The molecule has 0 spiro atoms. The molecule has 39 heavy (non-hydrogen) atoms. The highest BCUT2D eigenvalue weighted by molar-refractivity contribution is 5.83. The van der Waals surface area contributed by atoms with Crippen LogP contribution in [0.25, 0.3) is 5.69 Å². The lowest BCUT2D eigenvalue weighted by atomic mass is 10.0. The number of aromatic nitrogens is 4. The Morgan fingerprint density at radius 2 is 1.59 bits per heavy atom. The third-order valence-electron chi connectivity index (χ3n) is 7.13. The molecule has 202 valence electrons. The van der Waals surface area contributed by atoms with E-state index in [1.165, 1.54) is 4.68 Å². The van der Waals surface area contributed by atoms with E-state index in [0.29, 0.717) is 13.0 Å². The number of nitrogens with zero attached hydrogens (tertiary/aromatic N) is 6. The van der Waals surface area contributed by atoms with Crippen molar-refractivity contribution in [3.63, 3.8) is 0 Å². The fourth-order valence-electron chi connectivity index (χ4n) is 5.03. The summed E-state index contributed by atoms with van der Waals surface area (Å²) in [7, 11) is 0. The van der Waals surface area contributed by atoms with Crippen molar-refractivity contribution >= 4 is 11.6 Å². The van der Waals surface area contributed by atoms with Crippen molar-refractivity contribution < 1.29 is 4.79 Å². The zero-order chi connectivity index (χ0) is 27.2. The zero-order valence-electron chi connectivity index (χ0n) is 22.5. The van der Waals surface area contributed by atoms with E-state index in [0.717, 1.165) is 48.8 Å². The van der Waals surface area contributed by atoms with Crippen LogP contribution >= 0.6 is 0 Å². The van der Waals surface area contributed by atoms with Gasteiger partial charge in [-0.15, -0.1) is 0 Å². The molecule has 2 aromatic carbocycles. The molecule has 1 saturated heterocycles. The van der Waals surface area contributed by atoms with Crippen molar-refractivity contribution in [1.29, 1.82) is 0 Å². The van der Waals surface area contributed by atoms with Crippen LogP contribution in [0.4, 0.5) is 5.69 Å². The molecule has 1 N–H and O–H groups in total. The third kappa shape index (κ3) is 6.09. The van der Waals surface area contributed by atoms with E-state index < -0.39 is 0 Å². The predicted molar refractivity (Wildman–Crippen MR) is 152 cm³/mol. The maximum atomic E-state index is 13.4. The Labute approximate surface area is 228 Å². The molecular formula is C30H35N7O2. The van der Waals surface area contributed by atoms with Gasteiger partial charge < -0.3 is 10.2 Å². The SMILES string of the molecule is CC(C)n1ncn(-c2ccc(N3CCN(C(C(=O)NCCc4ccccn4)c4ccccc4)CC3)cc2)c1=O. The molecule has 4 aromatic rings. The van der Waals surface area contributed by atoms with Crippen molar-refractivity contribution in [1.82, 2.24) is 29.5 Å². The van der Waals surface area contributed by atoms with Gasteiger partial charge in [-0.05, 0) is 55.8 Å². The summed E-state index contributed by atoms with van der Waals surface area (Å²) in [5, 5.41) is 7.35. The summed E-state index contributed by atoms with van der Waals surface area (Å²) in [6, 6.07) is 23.5. The van der Waals surface area contributed by atoms with Gasteiger partial charge in [0.15, 0.2) is 0 Å². The van der Waals surface area contributed by atoms with Gasteiger partial charge in [-0.1, -0.05) is 36.4 Å². The summed E-state index contributed by atoms with van der Waals surface area (Å²) in [5.41, 5.74) is 3.71. The molecule has 1 aliphatic heterocycles. The first-order valence-electron chi connectivity index (χ1n) is 13.5. The molecule has 3 heterocycles. The molecule has 5 rings (SSSR count). The number of piperazine rings is 1. The summed E-state index contributed by atoms with van der Waals surface area (Å²) < 4.78 is 3.05. The van der Waals surface area contributed by atoms with Gasteiger partial charge in [0, 0.05) is 56.7 Å². The van der Waals surface area contributed by atoms with Crippen LogP contribution in [0.2, 0.25) is 0 Å². The first-order valence-corrected chi connectivity index (χ1v) is 13.5. The number of hydrogen-bond acceptors (Lipinski definition) is 6. The van der Waals surface area contributed by atoms with Gasteiger partial charge >= 0.3 is 5.69 Å². The standard InChI is InChI=1S/C30H35N7O2/c1-23(2)37-30(39)36(22-33-37)27-13-11-26(12-14-27)34-18-20-35(21-19-34)28(24-8-4-3-5-9-24)29(38)32-17-15-25-10-6-7-16-31-25/h3-14,16,22-23,28H,15,17-21H2,1-2H3,(H,32,38). The molecule has 0 aliphatic carbocycles. The maximum absolute atomic E-state index is 13.4. The first kappa shape index (κ1) is 26.4. The van der Waals surface area contributed by atoms with Gasteiger partial charge in [-0.3, -0.25) is 14.7 Å². The number of rotatable bonds is 9. The summed E-state index contributed by atoms with van der Waals surface area (Å²) in [6.07, 6.45) is 4.04. The van der Waals surface area contributed by atoms with Gasteiger partial charge in [-0.25, -0.2) is 14.0 Å². The molecule has 9 heteroatoms. The van der Waals surface area contributed by atoms with Crippen LogP contribution in [0, 0.1) is 0 Å². The van der Waals surface area contributed by atoms with E-state index in [9.17, 15) is 9.59 Å². The van der Waals surface area contributed by atoms with Crippen LogP contribution < -0.4 is 15.9 Å². The fraction of sp³-hybridized carbons (Fsp3) is 0.333. The first-order chi connectivity index (χ1) is 19.0. The largest absolute Gasteiger partial charge is 0.369 e. The normalized spacial score (nSPS) is 14.9. The Kier molecular flexibility index (Phi) is 8.17. The number of carbonyl (C=O) groups excluding carboxylic acids is 1. The van der Waals surface area contributed by atoms with Crippen LogP contribution in [0.1, 0.15) is 37.2 Å². The lowest BCUT2D eigenvalue weighted by Gasteiger charge is -2.39. The molecule has 1 atom stereocenters. The average molecular weight is 526 g/mol. The quantitative estimate of drug-likeness (QED) is 0.361. The Hall–Kier alpha value is -4.24. The molecule has 9 nitrogen and oxygen atoms in total. The van der Waals surface area contributed by atoms with E-state index >= 15 is 0 Å². The van der Waals surface area contributed by atoms with E-state index in [-0.39, 0.29) is 23.7 Å². The lowest BCUT2D eigenvalue weighted by Crippen LogP contribution is -2.51. The van der Waals surface area contributed by atoms with Gasteiger partial charge in [0.2, 0.25) is 5.91 Å². The van der Waals surface area contributed by atoms with Crippen LogP contribution in [0.5, 0.6) is 0 Å². The van der Waals surface area contributed by atoms with Crippen molar-refractivity contribution in [2.45, 2.75) is 32.4 Å². The van der Waals surface area contributed by atoms with Gasteiger partial charge in [-0.2, -0.15) is 5.10 Å². The number of nitrogens with one attached hydrogen (secondary N) is 1. The van der Waals surface area contributed by atoms with Crippen molar-refractivity contribution in [2.75, 3.05) is 37.6 Å². The number of benzene rings is 2. The van der Waals surface area contributed by atoms with Gasteiger partial charge in [0.1, 0.15) is 12.4 Å². The van der Waals surface area contributed by atoms with Crippen LogP contribution in [0.15, 0.2) is 90.1 Å². The third-order valence-corrected chi connectivity index (χ3v) is 7.13. The highest BCUT2D eigenvalue weighted by Crippen LogP contribution is 2.25. The number of hydrogen-bond donors (Lipinski definition) is 1. The van der Waals surface area contributed by atoms with Crippen molar-refractivity contribution in [3.05, 3.63) is 107 Å². The number of anilines is 1. The summed E-state index contributed by atoms with van der Waals surface area (Å²) in [5.74, 6) is 0.0160. The summed E-state index contributed by atoms with van der Waals surface area (Å²) in [6.45, 7) is 7.55. The number of amides is 1. The second-order valence-corrected chi connectivity index (χ2v) is 10.0. The Bertz CT molecular complexity index is 1410. The lowest BCUT2D eigenvalue weighted by molar-refractivity contribution is -0.126. The minimum atomic E-state index is -0.344. The minimum absolute atomic E-state index is 0.0111. The summed E-state index contributed by atoms with van der Waals surface area (Å²) in [4.78, 5) is 35.0. The molecule has 0 saturated carbocycles. The van der Waals surface area contributed by atoms with E-state index in [4.69, 9.17) is 0 Å². The Balaban J connectivity index is 1.23. The number of pyridine rings is 1. The molecule has 0 bridgehead atoms. The molecule has 0 radical (unpaired) electrons. The second-order valence-electron chi connectivity index (χ2n) is 10.0. The smallest absolute Gasteiger partial charge is 0.350 e. The van der Waals surface area contributed by atoms with E-state index in [2.05, 4.69) is 25.2 Å². The highest BCUT2D eigenvalue weighted by Gasteiger charge is 2.30. The van der Waals surface area contributed by atoms with E-state index in [1.807, 2.05) is 86.6 Å². The highest BCUT2D eigenvalue weighted by atomic mass is 16.2. The molecule has 1 aliphatic rings. The molecular weight excluding hydrogens is 490 g/mol. The van der Waals surface area contributed by atoms with Crippen molar-refractivity contribution in [3.8, 4) is 5.69 Å². The Morgan fingerprint density at radius 1 is 0.897 bits per heavy atom.